The van der Waals surface area contributed by atoms with Gasteiger partial charge in [-0.25, -0.2) is 0 Å². The fraction of sp³-hybridized carbons (Fsp3) is 1.00. The first-order chi connectivity index (χ1) is 10.5. The van der Waals surface area contributed by atoms with Crippen molar-refractivity contribution in [3.05, 3.63) is 0 Å². The van der Waals surface area contributed by atoms with Crippen molar-refractivity contribution in [2.75, 3.05) is 19.6 Å². The molecule has 1 saturated carbocycles. The SMILES string of the molecule is CC1CN(CC2CCC(C(C)(C)C)CC2)CC(C)N1C(C)(C)C. The molecule has 0 spiro atoms. The predicted molar refractivity (Wildman–Crippen MR) is 102 cm³/mol. The zero-order chi connectivity index (χ0) is 17.4. The van der Waals surface area contributed by atoms with Crippen LogP contribution in [0.4, 0.5) is 0 Å². The lowest BCUT2D eigenvalue weighted by Crippen LogP contribution is -2.62. The molecule has 2 heteroatoms. The molecule has 0 amide bonds. The van der Waals surface area contributed by atoms with E-state index in [1.807, 2.05) is 0 Å². The van der Waals surface area contributed by atoms with Crippen molar-refractivity contribution in [2.24, 2.45) is 17.3 Å². The van der Waals surface area contributed by atoms with Crippen LogP contribution in [-0.2, 0) is 0 Å². The van der Waals surface area contributed by atoms with Crippen LogP contribution in [0, 0.1) is 17.3 Å². The molecule has 0 radical (unpaired) electrons. The summed E-state index contributed by atoms with van der Waals surface area (Å²) in [6.45, 7) is 23.0. The third-order valence-electron chi connectivity index (χ3n) is 6.36. The van der Waals surface area contributed by atoms with Crippen LogP contribution in [0.2, 0.25) is 0 Å². The largest absolute Gasteiger partial charge is 0.300 e. The zero-order valence-electron chi connectivity index (χ0n) is 17.2. The Labute approximate surface area is 146 Å². The van der Waals surface area contributed by atoms with Crippen LogP contribution in [-0.4, -0.2) is 47.1 Å². The Morgan fingerprint density at radius 2 is 1.26 bits per heavy atom. The first-order valence-electron chi connectivity index (χ1n) is 9.99. The van der Waals surface area contributed by atoms with E-state index in [1.165, 1.54) is 45.3 Å². The maximum Gasteiger partial charge on any atom is 0.0203 e. The van der Waals surface area contributed by atoms with Gasteiger partial charge in [0.1, 0.15) is 0 Å². The third kappa shape index (κ3) is 4.95. The molecule has 1 aliphatic heterocycles. The lowest BCUT2D eigenvalue weighted by atomic mass is 9.70. The van der Waals surface area contributed by atoms with Gasteiger partial charge >= 0.3 is 0 Å². The fourth-order valence-corrected chi connectivity index (χ4v) is 5.48. The molecule has 2 rings (SSSR count). The number of nitrogens with zero attached hydrogens (tertiary/aromatic N) is 2. The summed E-state index contributed by atoms with van der Waals surface area (Å²) in [5, 5.41) is 0. The van der Waals surface area contributed by atoms with Crippen molar-refractivity contribution >= 4 is 0 Å². The molecular weight excluding hydrogens is 280 g/mol. The van der Waals surface area contributed by atoms with E-state index in [0.29, 0.717) is 17.5 Å². The van der Waals surface area contributed by atoms with Crippen LogP contribution < -0.4 is 0 Å². The number of rotatable bonds is 2. The zero-order valence-corrected chi connectivity index (χ0v) is 17.2. The van der Waals surface area contributed by atoms with Gasteiger partial charge in [-0.2, -0.15) is 0 Å². The maximum atomic E-state index is 2.76. The van der Waals surface area contributed by atoms with E-state index < -0.39 is 0 Å². The molecule has 0 bridgehead atoms. The highest BCUT2D eigenvalue weighted by Gasteiger charge is 2.37. The normalized spacial score (nSPS) is 35.5. The smallest absolute Gasteiger partial charge is 0.0203 e. The molecule has 0 aromatic carbocycles. The Bertz CT molecular complexity index is 356. The molecule has 0 N–H and O–H groups in total. The third-order valence-corrected chi connectivity index (χ3v) is 6.36. The minimum absolute atomic E-state index is 0.287. The number of hydrogen-bond acceptors (Lipinski definition) is 2. The second-order valence-electron chi connectivity index (χ2n) is 10.6. The molecule has 0 aromatic heterocycles. The lowest BCUT2D eigenvalue weighted by Gasteiger charge is -2.51. The Kier molecular flexibility index (Phi) is 5.89. The van der Waals surface area contributed by atoms with Crippen LogP contribution in [0.25, 0.3) is 0 Å². The summed E-state index contributed by atoms with van der Waals surface area (Å²) in [5.74, 6) is 1.88. The molecule has 2 aliphatic rings. The van der Waals surface area contributed by atoms with Crippen LogP contribution >= 0.6 is 0 Å². The molecule has 2 unspecified atom stereocenters. The molecule has 1 heterocycles. The summed E-state index contributed by atoms with van der Waals surface area (Å²) in [6, 6.07) is 1.34. The van der Waals surface area contributed by atoms with Crippen molar-refractivity contribution in [3.8, 4) is 0 Å². The van der Waals surface area contributed by atoms with Gasteiger partial charge in [0.25, 0.3) is 0 Å². The maximum absolute atomic E-state index is 2.76. The highest BCUT2D eigenvalue weighted by molar-refractivity contribution is 4.93. The first kappa shape index (κ1) is 19.2. The van der Waals surface area contributed by atoms with Crippen molar-refractivity contribution in [2.45, 2.75) is 98.7 Å². The predicted octanol–water partition coefficient (Wildman–Crippen LogP) is 5.03. The standard InChI is InChI=1S/C21H42N2/c1-16-13-22(14-17(2)23(16)21(6,7)8)15-18-9-11-19(12-10-18)20(3,4)5/h16-19H,9-15H2,1-8H3. The van der Waals surface area contributed by atoms with Gasteiger partial charge in [0.15, 0.2) is 0 Å². The first-order valence-corrected chi connectivity index (χ1v) is 9.99. The van der Waals surface area contributed by atoms with Crippen molar-refractivity contribution in [1.82, 2.24) is 9.80 Å². The topological polar surface area (TPSA) is 6.48 Å². The van der Waals surface area contributed by atoms with Crippen LogP contribution in [0.1, 0.15) is 81.1 Å². The molecule has 2 atom stereocenters. The molecular formula is C21H42N2. The highest BCUT2D eigenvalue weighted by atomic mass is 15.3. The van der Waals surface area contributed by atoms with Crippen molar-refractivity contribution in [3.63, 3.8) is 0 Å². The molecule has 0 aromatic rings. The van der Waals surface area contributed by atoms with Crippen LogP contribution in [0.5, 0.6) is 0 Å². The van der Waals surface area contributed by atoms with Crippen LogP contribution in [0.15, 0.2) is 0 Å². The van der Waals surface area contributed by atoms with Gasteiger partial charge in [0, 0.05) is 37.3 Å². The van der Waals surface area contributed by atoms with E-state index in [-0.39, 0.29) is 5.54 Å². The molecule has 2 nitrogen and oxygen atoms in total. The van der Waals surface area contributed by atoms with Crippen LogP contribution in [0.3, 0.4) is 0 Å². The quantitative estimate of drug-likeness (QED) is 0.703. The fourth-order valence-electron chi connectivity index (χ4n) is 5.48. The second kappa shape index (κ2) is 7.04. The van der Waals surface area contributed by atoms with E-state index in [2.05, 4.69) is 65.2 Å². The van der Waals surface area contributed by atoms with E-state index in [1.54, 1.807) is 0 Å². The number of piperazine rings is 1. The van der Waals surface area contributed by atoms with Gasteiger partial charge in [-0.05, 0) is 77.6 Å². The van der Waals surface area contributed by atoms with Gasteiger partial charge in [-0.1, -0.05) is 20.8 Å². The molecule has 136 valence electrons. The summed E-state index contributed by atoms with van der Waals surface area (Å²) in [5.41, 5.74) is 0.794. The van der Waals surface area contributed by atoms with Gasteiger partial charge in [-0.15, -0.1) is 0 Å². The summed E-state index contributed by atoms with van der Waals surface area (Å²) >= 11 is 0. The number of hydrogen-bond donors (Lipinski definition) is 0. The van der Waals surface area contributed by atoms with Crippen molar-refractivity contribution in [1.29, 1.82) is 0 Å². The minimum atomic E-state index is 0.287. The highest BCUT2D eigenvalue weighted by Crippen LogP contribution is 2.40. The summed E-state index contributed by atoms with van der Waals surface area (Å²) in [6.07, 6.45) is 5.79. The van der Waals surface area contributed by atoms with Gasteiger partial charge in [0.2, 0.25) is 0 Å². The van der Waals surface area contributed by atoms with E-state index in [4.69, 9.17) is 0 Å². The summed E-state index contributed by atoms with van der Waals surface area (Å²) < 4.78 is 0. The van der Waals surface area contributed by atoms with Gasteiger partial charge < -0.3 is 0 Å². The average molecular weight is 323 g/mol. The average Bonchev–Trinajstić information content (AvgIpc) is 2.35. The van der Waals surface area contributed by atoms with E-state index in [9.17, 15) is 0 Å². The van der Waals surface area contributed by atoms with Crippen molar-refractivity contribution < 1.29 is 0 Å². The lowest BCUT2D eigenvalue weighted by molar-refractivity contribution is -0.0293. The molecule has 2 fully saturated rings. The second-order valence-corrected chi connectivity index (χ2v) is 10.6. The Morgan fingerprint density at radius 1 is 0.783 bits per heavy atom. The van der Waals surface area contributed by atoms with E-state index >= 15 is 0 Å². The van der Waals surface area contributed by atoms with Gasteiger partial charge in [0.05, 0.1) is 0 Å². The summed E-state index contributed by atoms with van der Waals surface area (Å²) in [4.78, 5) is 5.49. The Hall–Kier alpha value is -0.0800. The minimum Gasteiger partial charge on any atom is -0.300 e. The summed E-state index contributed by atoms with van der Waals surface area (Å²) in [7, 11) is 0. The monoisotopic (exact) mass is 322 g/mol. The van der Waals surface area contributed by atoms with Gasteiger partial charge in [-0.3, -0.25) is 9.80 Å². The molecule has 1 saturated heterocycles. The molecule has 1 aliphatic carbocycles. The Morgan fingerprint density at radius 3 is 1.65 bits per heavy atom. The molecule has 23 heavy (non-hydrogen) atoms. The Balaban J connectivity index is 1.84. The van der Waals surface area contributed by atoms with E-state index in [0.717, 1.165) is 11.8 Å².